The van der Waals surface area contributed by atoms with E-state index in [1.807, 2.05) is 6.92 Å². The van der Waals surface area contributed by atoms with Crippen molar-refractivity contribution in [2.24, 2.45) is 0 Å². The van der Waals surface area contributed by atoms with Gasteiger partial charge in [0.1, 0.15) is 23.9 Å². The Balaban J connectivity index is 1.83. The van der Waals surface area contributed by atoms with Crippen LogP contribution < -0.4 is 18.9 Å². The van der Waals surface area contributed by atoms with Crippen molar-refractivity contribution in [1.29, 1.82) is 0 Å². The number of hydrogen-bond acceptors (Lipinski definition) is 5. The number of halogens is 3. The lowest BCUT2D eigenvalue weighted by molar-refractivity contribution is -0.274. The first-order valence-corrected chi connectivity index (χ1v) is 9.39. The molecule has 0 spiro atoms. The van der Waals surface area contributed by atoms with E-state index in [1.54, 1.807) is 24.3 Å². The van der Waals surface area contributed by atoms with Crippen LogP contribution in [0.25, 0.3) is 0 Å². The molecule has 0 aliphatic heterocycles. The monoisotopic (exact) mass is 405 g/mol. The van der Waals surface area contributed by atoms with E-state index in [9.17, 15) is 21.6 Å². The highest BCUT2D eigenvalue weighted by Gasteiger charge is 2.31. The van der Waals surface area contributed by atoms with Gasteiger partial charge in [0, 0.05) is 6.54 Å². The van der Waals surface area contributed by atoms with E-state index < -0.39 is 22.1 Å². The molecule has 0 saturated carbocycles. The van der Waals surface area contributed by atoms with Crippen LogP contribution in [-0.2, 0) is 10.0 Å². The molecular weight excluding hydrogens is 387 g/mol. The van der Waals surface area contributed by atoms with Gasteiger partial charge in [0.05, 0.1) is 11.5 Å². The summed E-state index contributed by atoms with van der Waals surface area (Å²) in [6.45, 7) is 2.47. The fraction of sp³-hybridized carbons (Fsp3) is 0.294. The van der Waals surface area contributed by atoms with Crippen molar-refractivity contribution < 1.29 is 35.8 Å². The summed E-state index contributed by atoms with van der Waals surface area (Å²) in [4.78, 5) is -0.182. The van der Waals surface area contributed by atoms with Gasteiger partial charge in [-0.2, -0.15) is 0 Å². The zero-order valence-corrected chi connectivity index (χ0v) is 15.1. The Labute approximate surface area is 154 Å². The third-order valence-electron chi connectivity index (χ3n) is 3.17. The molecular formula is C17H18F3NO5S. The van der Waals surface area contributed by atoms with Gasteiger partial charge in [-0.25, -0.2) is 13.1 Å². The van der Waals surface area contributed by atoms with Crippen LogP contribution in [0.1, 0.15) is 6.92 Å². The van der Waals surface area contributed by atoms with Crippen molar-refractivity contribution in [3.63, 3.8) is 0 Å². The summed E-state index contributed by atoms with van der Waals surface area (Å²) in [5.41, 5.74) is 0. The van der Waals surface area contributed by atoms with E-state index in [1.165, 1.54) is 0 Å². The standard InChI is InChI=1S/C17H18F3NO5S/c1-2-24-13-3-5-14(6-4-13)25-12-11-21-27(22,23)16-9-7-15(8-10-16)26-17(18,19)20/h3-10,21H,2,11-12H2,1H3. The second kappa shape index (κ2) is 8.96. The number of sulfonamides is 1. The smallest absolute Gasteiger partial charge is 0.494 e. The molecule has 0 aliphatic carbocycles. The van der Waals surface area contributed by atoms with Crippen LogP contribution in [-0.4, -0.2) is 34.5 Å². The Morgan fingerprint density at radius 1 is 0.889 bits per heavy atom. The van der Waals surface area contributed by atoms with Gasteiger partial charge in [0.2, 0.25) is 10.0 Å². The quantitative estimate of drug-likeness (QED) is 0.648. The lowest BCUT2D eigenvalue weighted by Gasteiger charge is -2.11. The highest BCUT2D eigenvalue weighted by molar-refractivity contribution is 7.89. The topological polar surface area (TPSA) is 73.9 Å². The molecule has 1 N–H and O–H groups in total. The minimum absolute atomic E-state index is 0.0175. The molecule has 0 radical (unpaired) electrons. The van der Waals surface area contributed by atoms with Gasteiger partial charge >= 0.3 is 6.36 Å². The summed E-state index contributed by atoms with van der Waals surface area (Å²) >= 11 is 0. The van der Waals surface area contributed by atoms with Gasteiger partial charge in [0.15, 0.2) is 0 Å². The lowest BCUT2D eigenvalue weighted by atomic mass is 10.3. The highest BCUT2D eigenvalue weighted by Crippen LogP contribution is 2.23. The van der Waals surface area contributed by atoms with Crippen molar-refractivity contribution in [3.8, 4) is 17.2 Å². The number of benzene rings is 2. The largest absolute Gasteiger partial charge is 0.573 e. The number of rotatable bonds is 9. The summed E-state index contributed by atoms with van der Waals surface area (Å²) in [5.74, 6) is 0.745. The van der Waals surface area contributed by atoms with Crippen LogP contribution in [0.2, 0.25) is 0 Å². The van der Waals surface area contributed by atoms with Gasteiger partial charge in [0.25, 0.3) is 0 Å². The molecule has 2 rings (SSSR count). The Kier molecular flexibility index (Phi) is 6.92. The van der Waals surface area contributed by atoms with E-state index in [-0.39, 0.29) is 18.0 Å². The van der Waals surface area contributed by atoms with E-state index >= 15 is 0 Å². The molecule has 0 heterocycles. The minimum Gasteiger partial charge on any atom is -0.494 e. The van der Waals surface area contributed by atoms with Crippen LogP contribution in [0.4, 0.5) is 13.2 Å². The summed E-state index contributed by atoms with van der Waals surface area (Å²) in [6, 6.07) is 10.8. The van der Waals surface area contributed by atoms with Crippen molar-refractivity contribution in [1.82, 2.24) is 4.72 Å². The number of nitrogens with one attached hydrogen (secondary N) is 1. The number of hydrogen-bond donors (Lipinski definition) is 1. The highest BCUT2D eigenvalue weighted by atomic mass is 32.2. The third-order valence-corrected chi connectivity index (χ3v) is 4.64. The summed E-state index contributed by atoms with van der Waals surface area (Å²) in [7, 11) is -3.88. The number of ether oxygens (including phenoxy) is 3. The van der Waals surface area contributed by atoms with Crippen molar-refractivity contribution in [2.75, 3.05) is 19.8 Å². The Morgan fingerprint density at radius 2 is 1.41 bits per heavy atom. The molecule has 0 unspecified atom stereocenters. The predicted octanol–water partition coefficient (Wildman–Crippen LogP) is 3.34. The maximum atomic E-state index is 12.1. The third kappa shape index (κ3) is 6.99. The molecule has 0 aromatic heterocycles. The molecule has 10 heteroatoms. The zero-order valence-electron chi connectivity index (χ0n) is 14.3. The first-order chi connectivity index (χ1) is 12.7. The van der Waals surface area contributed by atoms with E-state index in [0.717, 1.165) is 24.3 Å². The molecule has 6 nitrogen and oxygen atoms in total. The molecule has 0 atom stereocenters. The molecule has 2 aromatic carbocycles. The van der Waals surface area contributed by atoms with Crippen molar-refractivity contribution in [3.05, 3.63) is 48.5 Å². The van der Waals surface area contributed by atoms with E-state index in [0.29, 0.717) is 18.1 Å². The normalized spacial score (nSPS) is 11.9. The van der Waals surface area contributed by atoms with E-state index in [4.69, 9.17) is 9.47 Å². The molecule has 0 bridgehead atoms. The van der Waals surface area contributed by atoms with Gasteiger partial charge in [-0.1, -0.05) is 0 Å². The van der Waals surface area contributed by atoms with E-state index in [2.05, 4.69) is 9.46 Å². The van der Waals surface area contributed by atoms with Crippen LogP contribution in [0.5, 0.6) is 17.2 Å². The Hall–Kier alpha value is -2.46. The lowest BCUT2D eigenvalue weighted by Crippen LogP contribution is -2.28. The first kappa shape index (κ1) is 20.8. The van der Waals surface area contributed by atoms with Gasteiger partial charge < -0.3 is 14.2 Å². The second-order valence-electron chi connectivity index (χ2n) is 5.17. The predicted molar refractivity (Wildman–Crippen MR) is 91.4 cm³/mol. The molecule has 0 amide bonds. The number of alkyl halides is 3. The molecule has 148 valence electrons. The fourth-order valence-electron chi connectivity index (χ4n) is 2.05. The molecule has 0 fully saturated rings. The summed E-state index contributed by atoms with van der Waals surface area (Å²) in [5, 5.41) is 0. The van der Waals surface area contributed by atoms with Gasteiger partial charge in [-0.3, -0.25) is 0 Å². The van der Waals surface area contributed by atoms with Crippen LogP contribution in [0.15, 0.2) is 53.4 Å². The zero-order chi connectivity index (χ0) is 19.9. The SMILES string of the molecule is CCOc1ccc(OCCNS(=O)(=O)c2ccc(OC(F)(F)F)cc2)cc1. The average Bonchev–Trinajstić information content (AvgIpc) is 2.59. The van der Waals surface area contributed by atoms with Crippen LogP contribution in [0.3, 0.4) is 0 Å². The maximum absolute atomic E-state index is 12.1. The first-order valence-electron chi connectivity index (χ1n) is 7.91. The molecule has 0 saturated heterocycles. The Morgan fingerprint density at radius 3 is 1.93 bits per heavy atom. The molecule has 2 aromatic rings. The minimum atomic E-state index is -4.84. The molecule has 27 heavy (non-hydrogen) atoms. The fourth-order valence-corrected chi connectivity index (χ4v) is 3.06. The van der Waals surface area contributed by atoms with Crippen LogP contribution >= 0.6 is 0 Å². The summed E-state index contributed by atoms with van der Waals surface area (Å²) in [6.07, 6.45) is -4.84. The Bertz CT molecular complexity index is 821. The maximum Gasteiger partial charge on any atom is 0.573 e. The second-order valence-corrected chi connectivity index (χ2v) is 6.94. The van der Waals surface area contributed by atoms with Crippen LogP contribution in [0, 0.1) is 0 Å². The van der Waals surface area contributed by atoms with Crippen molar-refractivity contribution in [2.45, 2.75) is 18.2 Å². The van der Waals surface area contributed by atoms with Gasteiger partial charge in [-0.05, 0) is 55.5 Å². The molecule has 0 aliphatic rings. The van der Waals surface area contributed by atoms with Gasteiger partial charge in [-0.15, -0.1) is 13.2 Å². The average molecular weight is 405 g/mol. The van der Waals surface area contributed by atoms with Crippen molar-refractivity contribution >= 4 is 10.0 Å². The summed E-state index contributed by atoms with van der Waals surface area (Å²) < 4.78 is 77.3.